The number of rotatable bonds is 5. The molecule has 0 atom stereocenters. The summed E-state index contributed by atoms with van der Waals surface area (Å²) >= 11 is 0. The van der Waals surface area contributed by atoms with Crippen LogP contribution in [-0.4, -0.2) is 29.1 Å². The number of fused-ring (bicyclic) bond motifs is 1. The van der Waals surface area contributed by atoms with E-state index in [4.69, 9.17) is 5.11 Å². The second-order valence-corrected chi connectivity index (χ2v) is 4.18. The SMILES string of the molecule is CCCN(CC(=O)O)c1ccc2ccccc2n1. The summed E-state index contributed by atoms with van der Waals surface area (Å²) in [5, 5.41) is 9.98. The van der Waals surface area contributed by atoms with Crippen LogP contribution in [-0.2, 0) is 4.79 Å². The number of aliphatic carboxylic acids is 1. The highest BCUT2D eigenvalue weighted by Gasteiger charge is 2.11. The quantitative estimate of drug-likeness (QED) is 0.878. The second kappa shape index (κ2) is 5.49. The van der Waals surface area contributed by atoms with E-state index in [1.165, 1.54) is 0 Å². The maximum absolute atomic E-state index is 10.9. The van der Waals surface area contributed by atoms with Crippen molar-refractivity contribution in [2.75, 3.05) is 18.0 Å². The van der Waals surface area contributed by atoms with E-state index in [1.807, 2.05) is 43.3 Å². The zero-order valence-electron chi connectivity index (χ0n) is 10.3. The largest absolute Gasteiger partial charge is 0.480 e. The van der Waals surface area contributed by atoms with Crippen LogP contribution < -0.4 is 4.90 Å². The number of anilines is 1. The molecular formula is C14H16N2O2. The molecule has 1 heterocycles. The summed E-state index contributed by atoms with van der Waals surface area (Å²) in [5.41, 5.74) is 0.890. The Bertz CT molecular complexity index is 554. The molecule has 0 fully saturated rings. The van der Waals surface area contributed by atoms with Crippen LogP contribution in [0.3, 0.4) is 0 Å². The monoisotopic (exact) mass is 244 g/mol. The van der Waals surface area contributed by atoms with Crippen LogP contribution in [0.25, 0.3) is 10.9 Å². The molecule has 2 rings (SSSR count). The molecule has 0 bridgehead atoms. The Morgan fingerprint density at radius 3 is 2.78 bits per heavy atom. The fourth-order valence-electron chi connectivity index (χ4n) is 1.94. The molecule has 0 saturated heterocycles. The zero-order chi connectivity index (χ0) is 13.0. The number of hydrogen-bond acceptors (Lipinski definition) is 3. The molecule has 0 aliphatic carbocycles. The Kier molecular flexibility index (Phi) is 3.77. The maximum atomic E-state index is 10.9. The number of para-hydroxylation sites is 1. The van der Waals surface area contributed by atoms with E-state index in [1.54, 1.807) is 4.90 Å². The van der Waals surface area contributed by atoms with Gasteiger partial charge < -0.3 is 10.0 Å². The third-order valence-corrected chi connectivity index (χ3v) is 2.73. The lowest BCUT2D eigenvalue weighted by Crippen LogP contribution is -2.31. The standard InChI is InChI=1S/C14H16N2O2/c1-2-9-16(10-14(17)18)13-8-7-11-5-3-4-6-12(11)15-13/h3-8H,2,9-10H2,1H3,(H,17,18). The van der Waals surface area contributed by atoms with E-state index >= 15 is 0 Å². The molecule has 1 aromatic carbocycles. The highest BCUT2D eigenvalue weighted by Crippen LogP contribution is 2.17. The normalized spacial score (nSPS) is 10.5. The molecule has 0 amide bonds. The number of benzene rings is 1. The number of carboxylic acid groups (broad SMARTS) is 1. The Morgan fingerprint density at radius 2 is 2.06 bits per heavy atom. The van der Waals surface area contributed by atoms with E-state index in [0.717, 1.165) is 23.1 Å². The predicted molar refractivity (Wildman–Crippen MR) is 71.9 cm³/mol. The van der Waals surface area contributed by atoms with Gasteiger partial charge in [0.2, 0.25) is 0 Å². The highest BCUT2D eigenvalue weighted by molar-refractivity contribution is 5.81. The van der Waals surface area contributed by atoms with Gasteiger partial charge in [-0.15, -0.1) is 0 Å². The van der Waals surface area contributed by atoms with Crippen molar-refractivity contribution < 1.29 is 9.90 Å². The number of aromatic nitrogens is 1. The average molecular weight is 244 g/mol. The molecule has 4 heteroatoms. The van der Waals surface area contributed by atoms with Crippen LogP contribution >= 0.6 is 0 Å². The van der Waals surface area contributed by atoms with E-state index in [0.29, 0.717) is 6.54 Å². The lowest BCUT2D eigenvalue weighted by atomic mass is 10.2. The van der Waals surface area contributed by atoms with E-state index < -0.39 is 5.97 Å². The molecule has 0 radical (unpaired) electrons. The first-order chi connectivity index (χ1) is 8.70. The Labute approximate surface area is 106 Å². The lowest BCUT2D eigenvalue weighted by molar-refractivity contribution is -0.135. The van der Waals surface area contributed by atoms with Crippen LogP contribution in [0.5, 0.6) is 0 Å². The van der Waals surface area contributed by atoms with Crippen molar-refractivity contribution >= 4 is 22.7 Å². The predicted octanol–water partition coefficient (Wildman–Crippen LogP) is 2.54. The van der Waals surface area contributed by atoms with Crippen molar-refractivity contribution in [2.45, 2.75) is 13.3 Å². The molecule has 4 nitrogen and oxygen atoms in total. The van der Waals surface area contributed by atoms with Crippen molar-refractivity contribution in [2.24, 2.45) is 0 Å². The van der Waals surface area contributed by atoms with Crippen LogP contribution in [0.2, 0.25) is 0 Å². The van der Waals surface area contributed by atoms with Gasteiger partial charge in [0.15, 0.2) is 0 Å². The first kappa shape index (κ1) is 12.4. The second-order valence-electron chi connectivity index (χ2n) is 4.18. The Morgan fingerprint density at radius 1 is 1.28 bits per heavy atom. The van der Waals surface area contributed by atoms with Gasteiger partial charge in [-0.2, -0.15) is 0 Å². The zero-order valence-corrected chi connectivity index (χ0v) is 10.3. The van der Waals surface area contributed by atoms with E-state index in [-0.39, 0.29) is 6.54 Å². The third kappa shape index (κ3) is 2.77. The minimum atomic E-state index is -0.835. The molecular weight excluding hydrogens is 228 g/mol. The number of hydrogen-bond donors (Lipinski definition) is 1. The van der Waals surface area contributed by atoms with Gasteiger partial charge in [-0.25, -0.2) is 4.98 Å². The Balaban J connectivity index is 2.34. The van der Waals surface area contributed by atoms with Gasteiger partial charge >= 0.3 is 5.97 Å². The highest BCUT2D eigenvalue weighted by atomic mass is 16.4. The lowest BCUT2D eigenvalue weighted by Gasteiger charge is -2.21. The first-order valence-corrected chi connectivity index (χ1v) is 6.03. The molecule has 94 valence electrons. The van der Waals surface area contributed by atoms with Gasteiger partial charge in [0.1, 0.15) is 12.4 Å². The number of nitrogens with zero attached hydrogens (tertiary/aromatic N) is 2. The van der Waals surface area contributed by atoms with Crippen molar-refractivity contribution in [3.63, 3.8) is 0 Å². The van der Waals surface area contributed by atoms with Crippen molar-refractivity contribution in [1.29, 1.82) is 0 Å². The molecule has 0 spiro atoms. The minimum Gasteiger partial charge on any atom is -0.480 e. The van der Waals surface area contributed by atoms with Gasteiger partial charge in [-0.3, -0.25) is 4.79 Å². The maximum Gasteiger partial charge on any atom is 0.323 e. The summed E-state index contributed by atoms with van der Waals surface area (Å²) in [7, 11) is 0. The van der Waals surface area contributed by atoms with Crippen LogP contribution in [0, 0.1) is 0 Å². The Hall–Kier alpha value is -2.10. The van der Waals surface area contributed by atoms with E-state index in [9.17, 15) is 4.79 Å². The molecule has 0 unspecified atom stereocenters. The molecule has 1 aromatic heterocycles. The fourth-order valence-corrected chi connectivity index (χ4v) is 1.94. The van der Waals surface area contributed by atoms with Crippen LogP contribution in [0.1, 0.15) is 13.3 Å². The first-order valence-electron chi connectivity index (χ1n) is 6.03. The molecule has 0 aliphatic rings. The van der Waals surface area contributed by atoms with E-state index in [2.05, 4.69) is 4.98 Å². The van der Waals surface area contributed by atoms with Gasteiger partial charge in [-0.1, -0.05) is 25.1 Å². The van der Waals surface area contributed by atoms with Gasteiger partial charge in [0, 0.05) is 11.9 Å². The summed E-state index contributed by atoms with van der Waals surface area (Å²) < 4.78 is 0. The third-order valence-electron chi connectivity index (χ3n) is 2.73. The smallest absolute Gasteiger partial charge is 0.323 e. The number of carbonyl (C=O) groups is 1. The van der Waals surface area contributed by atoms with Crippen molar-refractivity contribution in [3.05, 3.63) is 36.4 Å². The number of carboxylic acids is 1. The summed E-state index contributed by atoms with van der Waals surface area (Å²) in [6.07, 6.45) is 0.891. The minimum absolute atomic E-state index is 0.0147. The molecule has 0 saturated carbocycles. The van der Waals surface area contributed by atoms with Gasteiger partial charge in [0.25, 0.3) is 0 Å². The summed E-state index contributed by atoms with van der Waals surface area (Å²) in [4.78, 5) is 17.1. The van der Waals surface area contributed by atoms with Crippen molar-refractivity contribution in [3.8, 4) is 0 Å². The van der Waals surface area contributed by atoms with Gasteiger partial charge in [0.05, 0.1) is 5.52 Å². The van der Waals surface area contributed by atoms with Crippen LogP contribution in [0.15, 0.2) is 36.4 Å². The fraction of sp³-hybridized carbons (Fsp3) is 0.286. The van der Waals surface area contributed by atoms with Crippen molar-refractivity contribution in [1.82, 2.24) is 4.98 Å². The summed E-state index contributed by atoms with van der Waals surface area (Å²) in [6, 6.07) is 11.7. The summed E-state index contributed by atoms with van der Waals surface area (Å²) in [6.45, 7) is 2.70. The van der Waals surface area contributed by atoms with Crippen LogP contribution in [0.4, 0.5) is 5.82 Å². The molecule has 0 aliphatic heterocycles. The molecule has 2 aromatic rings. The molecule has 1 N–H and O–H groups in total. The van der Waals surface area contributed by atoms with Gasteiger partial charge in [-0.05, 0) is 24.6 Å². The summed E-state index contributed by atoms with van der Waals surface area (Å²) in [5.74, 6) is -0.114. The topological polar surface area (TPSA) is 53.4 Å². The molecule has 18 heavy (non-hydrogen) atoms. The number of pyridine rings is 1. The average Bonchev–Trinajstić information content (AvgIpc) is 2.37.